The highest BCUT2D eigenvalue weighted by molar-refractivity contribution is 7.97. The van der Waals surface area contributed by atoms with E-state index in [1.54, 1.807) is 31.9 Å². The smallest absolute Gasteiger partial charge is 0.289 e. The Labute approximate surface area is 82.1 Å². The van der Waals surface area contributed by atoms with E-state index in [0.29, 0.717) is 5.76 Å². The summed E-state index contributed by atoms with van der Waals surface area (Å²) in [7, 11) is 3.41. The van der Waals surface area contributed by atoms with E-state index in [2.05, 4.69) is 0 Å². The third kappa shape index (κ3) is 2.52. The van der Waals surface area contributed by atoms with Crippen molar-refractivity contribution in [1.29, 1.82) is 0 Å². The second kappa shape index (κ2) is 4.37. The maximum atomic E-state index is 11.4. The fraction of sp³-hybridized carbons (Fsp3) is 0.444. The SMILES string of the molecule is CSCc1ccc(C(=O)N(C)C)o1. The quantitative estimate of drug-likeness (QED) is 0.744. The lowest BCUT2D eigenvalue weighted by atomic mass is 10.4. The molecular weight excluding hydrogens is 186 g/mol. The number of thioether (sulfide) groups is 1. The van der Waals surface area contributed by atoms with Crippen LogP contribution in [-0.2, 0) is 5.75 Å². The molecule has 1 amide bonds. The number of amides is 1. The molecule has 0 aliphatic rings. The summed E-state index contributed by atoms with van der Waals surface area (Å²) in [4.78, 5) is 12.9. The monoisotopic (exact) mass is 199 g/mol. The molecule has 0 fully saturated rings. The van der Waals surface area contributed by atoms with Crippen molar-refractivity contribution in [2.45, 2.75) is 5.75 Å². The summed E-state index contributed by atoms with van der Waals surface area (Å²) >= 11 is 1.67. The van der Waals surface area contributed by atoms with E-state index < -0.39 is 0 Å². The molecule has 0 N–H and O–H groups in total. The molecule has 0 spiro atoms. The number of carbonyl (C=O) groups is 1. The summed E-state index contributed by atoms with van der Waals surface area (Å²) in [5, 5.41) is 0. The molecule has 4 heteroatoms. The van der Waals surface area contributed by atoms with Crippen LogP contribution in [0.5, 0.6) is 0 Å². The molecule has 1 aromatic heterocycles. The summed E-state index contributed by atoms with van der Waals surface area (Å²) < 4.78 is 5.34. The fourth-order valence-electron chi connectivity index (χ4n) is 0.933. The number of nitrogens with zero attached hydrogens (tertiary/aromatic N) is 1. The van der Waals surface area contributed by atoms with Crippen LogP contribution >= 0.6 is 11.8 Å². The Balaban J connectivity index is 2.73. The highest BCUT2D eigenvalue weighted by atomic mass is 32.2. The second-order valence-electron chi connectivity index (χ2n) is 2.90. The molecule has 0 bridgehead atoms. The number of carbonyl (C=O) groups excluding carboxylic acids is 1. The van der Waals surface area contributed by atoms with Gasteiger partial charge in [0.15, 0.2) is 5.76 Å². The summed E-state index contributed by atoms with van der Waals surface area (Å²) in [5.41, 5.74) is 0. The van der Waals surface area contributed by atoms with Gasteiger partial charge in [0.25, 0.3) is 5.91 Å². The lowest BCUT2D eigenvalue weighted by molar-refractivity contribution is 0.0795. The molecule has 0 aromatic carbocycles. The number of hydrogen-bond acceptors (Lipinski definition) is 3. The van der Waals surface area contributed by atoms with Gasteiger partial charge in [-0.15, -0.1) is 0 Å². The van der Waals surface area contributed by atoms with Crippen LogP contribution in [0.15, 0.2) is 16.5 Å². The van der Waals surface area contributed by atoms with Crippen LogP contribution < -0.4 is 0 Å². The summed E-state index contributed by atoms with van der Waals surface area (Å²) in [6.45, 7) is 0. The third-order valence-electron chi connectivity index (χ3n) is 1.57. The zero-order valence-electron chi connectivity index (χ0n) is 8.03. The van der Waals surface area contributed by atoms with Gasteiger partial charge >= 0.3 is 0 Å². The lowest BCUT2D eigenvalue weighted by Crippen LogP contribution is -2.20. The number of hydrogen-bond donors (Lipinski definition) is 0. The first kappa shape index (κ1) is 10.2. The van der Waals surface area contributed by atoms with Crippen LogP contribution in [0.2, 0.25) is 0 Å². The maximum absolute atomic E-state index is 11.4. The third-order valence-corrected chi connectivity index (χ3v) is 2.14. The van der Waals surface area contributed by atoms with E-state index in [-0.39, 0.29) is 5.91 Å². The summed E-state index contributed by atoms with van der Waals surface area (Å²) in [6.07, 6.45) is 2.00. The molecule has 1 heterocycles. The Morgan fingerprint density at radius 1 is 1.54 bits per heavy atom. The molecule has 3 nitrogen and oxygen atoms in total. The van der Waals surface area contributed by atoms with E-state index in [4.69, 9.17) is 4.42 Å². The van der Waals surface area contributed by atoms with Gasteiger partial charge in [-0.3, -0.25) is 4.79 Å². The summed E-state index contributed by atoms with van der Waals surface area (Å²) in [6, 6.07) is 3.56. The van der Waals surface area contributed by atoms with Crippen LogP contribution in [0.4, 0.5) is 0 Å². The molecule has 72 valence electrons. The molecule has 0 saturated carbocycles. The first-order valence-corrected chi connectivity index (χ1v) is 5.34. The molecule has 0 atom stereocenters. The van der Waals surface area contributed by atoms with E-state index in [9.17, 15) is 4.79 Å². The van der Waals surface area contributed by atoms with Crippen molar-refractivity contribution in [2.24, 2.45) is 0 Å². The van der Waals surface area contributed by atoms with Crippen molar-refractivity contribution in [3.63, 3.8) is 0 Å². The molecule has 0 unspecified atom stereocenters. The normalized spacial score (nSPS) is 10.1. The van der Waals surface area contributed by atoms with Crippen LogP contribution in [0.3, 0.4) is 0 Å². The van der Waals surface area contributed by atoms with Gasteiger partial charge in [-0.1, -0.05) is 0 Å². The van der Waals surface area contributed by atoms with Gasteiger partial charge in [0.2, 0.25) is 0 Å². The molecule has 0 radical (unpaired) electrons. The average molecular weight is 199 g/mol. The van der Waals surface area contributed by atoms with Crippen molar-refractivity contribution in [3.8, 4) is 0 Å². The Bertz CT molecular complexity index is 294. The highest BCUT2D eigenvalue weighted by Gasteiger charge is 2.12. The van der Waals surface area contributed by atoms with Crippen LogP contribution in [-0.4, -0.2) is 31.2 Å². The summed E-state index contributed by atoms with van der Waals surface area (Å²) in [5.74, 6) is 1.97. The zero-order valence-corrected chi connectivity index (χ0v) is 8.85. The first-order valence-electron chi connectivity index (χ1n) is 3.94. The Kier molecular flexibility index (Phi) is 3.42. The molecule has 1 rings (SSSR count). The van der Waals surface area contributed by atoms with Crippen LogP contribution in [0.25, 0.3) is 0 Å². The fourth-order valence-corrected chi connectivity index (χ4v) is 1.37. The van der Waals surface area contributed by atoms with E-state index in [0.717, 1.165) is 11.5 Å². The topological polar surface area (TPSA) is 33.5 Å². The number of rotatable bonds is 3. The predicted molar refractivity (Wildman–Crippen MR) is 53.9 cm³/mol. The van der Waals surface area contributed by atoms with E-state index in [1.165, 1.54) is 4.90 Å². The lowest BCUT2D eigenvalue weighted by Gasteiger charge is -2.06. The van der Waals surface area contributed by atoms with Crippen LogP contribution in [0.1, 0.15) is 16.3 Å². The first-order chi connectivity index (χ1) is 6.15. The highest BCUT2D eigenvalue weighted by Crippen LogP contribution is 2.14. The average Bonchev–Trinajstić information content (AvgIpc) is 2.52. The van der Waals surface area contributed by atoms with Gasteiger partial charge in [-0.05, 0) is 18.4 Å². The van der Waals surface area contributed by atoms with Gasteiger partial charge in [0, 0.05) is 14.1 Å². The molecule has 13 heavy (non-hydrogen) atoms. The van der Waals surface area contributed by atoms with E-state index >= 15 is 0 Å². The standard InChI is InChI=1S/C9H13NO2S/c1-10(2)9(11)8-5-4-7(12-8)6-13-3/h4-5H,6H2,1-3H3. The molecular formula is C9H13NO2S. The Morgan fingerprint density at radius 2 is 2.23 bits per heavy atom. The Hall–Kier alpha value is -0.900. The van der Waals surface area contributed by atoms with Gasteiger partial charge in [-0.25, -0.2) is 0 Å². The zero-order chi connectivity index (χ0) is 9.84. The van der Waals surface area contributed by atoms with E-state index in [1.807, 2.05) is 12.3 Å². The minimum absolute atomic E-state index is 0.0904. The van der Waals surface area contributed by atoms with Crippen molar-refractivity contribution < 1.29 is 9.21 Å². The molecule has 1 aromatic rings. The van der Waals surface area contributed by atoms with Crippen molar-refractivity contribution in [1.82, 2.24) is 4.90 Å². The van der Waals surface area contributed by atoms with Gasteiger partial charge in [-0.2, -0.15) is 11.8 Å². The Morgan fingerprint density at radius 3 is 2.77 bits per heavy atom. The predicted octanol–water partition coefficient (Wildman–Crippen LogP) is 1.84. The number of furan rings is 1. The van der Waals surface area contributed by atoms with Crippen molar-refractivity contribution in [3.05, 3.63) is 23.7 Å². The largest absolute Gasteiger partial charge is 0.455 e. The molecule has 0 saturated heterocycles. The molecule has 0 aliphatic carbocycles. The van der Waals surface area contributed by atoms with Crippen molar-refractivity contribution in [2.75, 3.05) is 20.4 Å². The van der Waals surface area contributed by atoms with Crippen LogP contribution in [0, 0.1) is 0 Å². The van der Waals surface area contributed by atoms with Gasteiger partial charge in [0.05, 0.1) is 5.75 Å². The maximum Gasteiger partial charge on any atom is 0.289 e. The second-order valence-corrected chi connectivity index (χ2v) is 3.76. The van der Waals surface area contributed by atoms with Gasteiger partial charge in [0.1, 0.15) is 5.76 Å². The molecule has 0 aliphatic heterocycles. The van der Waals surface area contributed by atoms with Gasteiger partial charge < -0.3 is 9.32 Å². The van der Waals surface area contributed by atoms with Crippen molar-refractivity contribution >= 4 is 17.7 Å². The minimum atomic E-state index is -0.0904. The minimum Gasteiger partial charge on any atom is -0.455 e.